The summed E-state index contributed by atoms with van der Waals surface area (Å²) in [6.45, 7) is 5.83. The minimum absolute atomic E-state index is 0.0646. The average molecular weight is 240 g/mol. The molecule has 0 saturated carbocycles. The summed E-state index contributed by atoms with van der Waals surface area (Å²) >= 11 is 1.52. The van der Waals surface area contributed by atoms with E-state index in [0.29, 0.717) is 5.92 Å². The van der Waals surface area contributed by atoms with Crippen LogP contribution in [0.2, 0.25) is 0 Å². The minimum atomic E-state index is 0.0646. The first-order valence-electron chi connectivity index (χ1n) is 5.68. The predicted octanol–water partition coefficient (Wildman–Crippen LogP) is 1.90. The van der Waals surface area contributed by atoms with Gasteiger partial charge in [0.05, 0.1) is 4.88 Å². The van der Waals surface area contributed by atoms with Gasteiger partial charge in [-0.25, -0.2) is 0 Å². The van der Waals surface area contributed by atoms with Crippen molar-refractivity contribution in [1.82, 2.24) is 10.6 Å². The van der Waals surface area contributed by atoms with E-state index in [2.05, 4.69) is 24.5 Å². The van der Waals surface area contributed by atoms with Crippen LogP contribution in [0.1, 0.15) is 29.1 Å². The van der Waals surface area contributed by atoms with Crippen molar-refractivity contribution in [3.05, 3.63) is 21.9 Å². The third-order valence-corrected chi connectivity index (χ3v) is 3.45. The number of carbonyl (C=O) groups is 1. The van der Waals surface area contributed by atoms with E-state index < -0.39 is 0 Å². The quantitative estimate of drug-likeness (QED) is 0.797. The van der Waals surface area contributed by atoms with E-state index >= 15 is 0 Å². The zero-order valence-electron chi connectivity index (χ0n) is 10.2. The number of carbonyl (C=O) groups excluding carboxylic acids is 1. The van der Waals surface area contributed by atoms with Gasteiger partial charge in [-0.1, -0.05) is 13.8 Å². The SMILES string of the molecule is CCc1ccsc1C(=O)NCC(C)CNC. The van der Waals surface area contributed by atoms with Crippen LogP contribution in [-0.4, -0.2) is 26.0 Å². The fourth-order valence-corrected chi connectivity index (χ4v) is 2.49. The van der Waals surface area contributed by atoms with Crippen LogP contribution in [0.25, 0.3) is 0 Å². The first kappa shape index (κ1) is 13.2. The topological polar surface area (TPSA) is 41.1 Å². The molecule has 0 bridgehead atoms. The highest BCUT2D eigenvalue weighted by atomic mass is 32.1. The second-order valence-electron chi connectivity index (χ2n) is 4.00. The highest BCUT2D eigenvalue weighted by molar-refractivity contribution is 7.12. The van der Waals surface area contributed by atoms with E-state index in [0.717, 1.165) is 30.0 Å². The molecule has 0 aliphatic carbocycles. The molecule has 16 heavy (non-hydrogen) atoms. The van der Waals surface area contributed by atoms with Gasteiger partial charge in [0.15, 0.2) is 0 Å². The average Bonchev–Trinajstić information content (AvgIpc) is 2.74. The third-order valence-electron chi connectivity index (χ3n) is 2.50. The van der Waals surface area contributed by atoms with Gasteiger partial charge in [-0.05, 0) is 42.9 Å². The summed E-state index contributed by atoms with van der Waals surface area (Å²) in [7, 11) is 1.92. The lowest BCUT2D eigenvalue weighted by molar-refractivity contribution is 0.0951. The van der Waals surface area contributed by atoms with Gasteiger partial charge in [0.2, 0.25) is 0 Å². The summed E-state index contributed by atoms with van der Waals surface area (Å²) < 4.78 is 0. The van der Waals surface area contributed by atoms with E-state index in [1.807, 2.05) is 18.5 Å². The maximum absolute atomic E-state index is 11.9. The van der Waals surface area contributed by atoms with Gasteiger partial charge >= 0.3 is 0 Å². The molecule has 0 radical (unpaired) electrons. The van der Waals surface area contributed by atoms with Gasteiger partial charge < -0.3 is 10.6 Å². The Balaban J connectivity index is 2.46. The molecule has 0 spiro atoms. The van der Waals surface area contributed by atoms with Crippen molar-refractivity contribution in [1.29, 1.82) is 0 Å². The summed E-state index contributed by atoms with van der Waals surface area (Å²) in [5, 5.41) is 8.05. The Bertz CT molecular complexity index is 336. The maximum atomic E-state index is 11.9. The van der Waals surface area contributed by atoms with Crippen LogP contribution in [0.5, 0.6) is 0 Å². The Morgan fingerprint density at radius 3 is 2.88 bits per heavy atom. The van der Waals surface area contributed by atoms with Crippen LogP contribution < -0.4 is 10.6 Å². The van der Waals surface area contributed by atoms with E-state index in [9.17, 15) is 4.79 Å². The second kappa shape index (κ2) is 6.66. The summed E-state index contributed by atoms with van der Waals surface area (Å²) in [5.41, 5.74) is 1.14. The standard InChI is InChI=1S/C12H20N2OS/c1-4-10-5-6-16-11(10)12(15)14-8-9(2)7-13-3/h5-6,9,13H,4,7-8H2,1-3H3,(H,14,15). The van der Waals surface area contributed by atoms with Crippen LogP contribution in [0, 0.1) is 5.92 Å². The van der Waals surface area contributed by atoms with Crippen molar-refractivity contribution in [3.8, 4) is 0 Å². The molecule has 0 saturated heterocycles. The Kier molecular flexibility index (Phi) is 5.49. The lowest BCUT2D eigenvalue weighted by Crippen LogP contribution is -2.32. The predicted molar refractivity (Wildman–Crippen MR) is 69.1 cm³/mol. The molecule has 0 fully saturated rings. The molecule has 1 unspecified atom stereocenters. The molecule has 0 aliphatic heterocycles. The molecular formula is C12H20N2OS. The van der Waals surface area contributed by atoms with E-state index in [1.165, 1.54) is 11.3 Å². The number of aryl methyl sites for hydroxylation is 1. The fraction of sp³-hybridized carbons (Fsp3) is 0.583. The lowest BCUT2D eigenvalue weighted by Gasteiger charge is -2.11. The molecule has 3 nitrogen and oxygen atoms in total. The molecule has 4 heteroatoms. The van der Waals surface area contributed by atoms with Gasteiger partial charge in [0, 0.05) is 6.54 Å². The molecule has 0 aromatic carbocycles. The molecule has 1 rings (SSSR count). The van der Waals surface area contributed by atoms with Crippen molar-refractivity contribution in [2.45, 2.75) is 20.3 Å². The monoisotopic (exact) mass is 240 g/mol. The largest absolute Gasteiger partial charge is 0.351 e. The molecule has 1 aromatic rings. The molecule has 1 aromatic heterocycles. The van der Waals surface area contributed by atoms with Crippen molar-refractivity contribution in [2.24, 2.45) is 5.92 Å². The van der Waals surface area contributed by atoms with Gasteiger partial charge in [-0.15, -0.1) is 11.3 Å². The van der Waals surface area contributed by atoms with Crippen LogP contribution >= 0.6 is 11.3 Å². The van der Waals surface area contributed by atoms with Gasteiger partial charge in [-0.3, -0.25) is 4.79 Å². The first-order valence-corrected chi connectivity index (χ1v) is 6.56. The molecular weight excluding hydrogens is 220 g/mol. The second-order valence-corrected chi connectivity index (χ2v) is 4.92. The number of hydrogen-bond acceptors (Lipinski definition) is 3. The lowest BCUT2D eigenvalue weighted by atomic mass is 10.1. The van der Waals surface area contributed by atoms with Gasteiger partial charge in [-0.2, -0.15) is 0 Å². The highest BCUT2D eigenvalue weighted by Gasteiger charge is 2.12. The summed E-state index contributed by atoms with van der Waals surface area (Å²) in [6.07, 6.45) is 0.915. The summed E-state index contributed by atoms with van der Waals surface area (Å²) in [6, 6.07) is 2.02. The summed E-state index contributed by atoms with van der Waals surface area (Å²) in [5.74, 6) is 0.522. The van der Waals surface area contributed by atoms with Crippen molar-refractivity contribution in [3.63, 3.8) is 0 Å². The normalized spacial score (nSPS) is 12.4. The Hall–Kier alpha value is -0.870. The zero-order valence-corrected chi connectivity index (χ0v) is 11.0. The fourth-order valence-electron chi connectivity index (χ4n) is 1.58. The molecule has 2 N–H and O–H groups in total. The minimum Gasteiger partial charge on any atom is -0.351 e. The summed E-state index contributed by atoms with van der Waals surface area (Å²) in [4.78, 5) is 12.7. The van der Waals surface area contributed by atoms with Crippen molar-refractivity contribution < 1.29 is 4.79 Å². The Labute approximate surface area is 101 Å². The molecule has 1 atom stereocenters. The van der Waals surface area contributed by atoms with Crippen LogP contribution in [-0.2, 0) is 6.42 Å². The number of hydrogen-bond donors (Lipinski definition) is 2. The molecule has 1 heterocycles. The number of nitrogens with one attached hydrogen (secondary N) is 2. The Morgan fingerprint density at radius 1 is 1.50 bits per heavy atom. The number of thiophene rings is 1. The highest BCUT2D eigenvalue weighted by Crippen LogP contribution is 2.16. The molecule has 90 valence electrons. The van der Waals surface area contributed by atoms with Crippen LogP contribution in [0.4, 0.5) is 0 Å². The molecule has 1 amide bonds. The van der Waals surface area contributed by atoms with Gasteiger partial charge in [0.25, 0.3) is 5.91 Å². The smallest absolute Gasteiger partial charge is 0.261 e. The van der Waals surface area contributed by atoms with Crippen molar-refractivity contribution >= 4 is 17.2 Å². The Morgan fingerprint density at radius 2 is 2.25 bits per heavy atom. The maximum Gasteiger partial charge on any atom is 0.261 e. The van der Waals surface area contributed by atoms with Crippen molar-refractivity contribution in [2.75, 3.05) is 20.1 Å². The first-order chi connectivity index (χ1) is 7.69. The molecule has 0 aliphatic rings. The number of rotatable bonds is 6. The zero-order chi connectivity index (χ0) is 12.0. The van der Waals surface area contributed by atoms with E-state index in [1.54, 1.807) is 0 Å². The van der Waals surface area contributed by atoms with E-state index in [4.69, 9.17) is 0 Å². The van der Waals surface area contributed by atoms with Gasteiger partial charge in [0.1, 0.15) is 0 Å². The third kappa shape index (κ3) is 3.61. The van der Waals surface area contributed by atoms with E-state index in [-0.39, 0.29) is 5.91 Å². The van der Waals surface area contributed by atoms with Crippen LogP contribution in [0.15, 0.2) is 11.4 Å². The van der Waals surface area contributed by atoms with Crippen LogP contribution in [0.3, 0.4) is 0 Å². The number of amides is 1.